The second-order valence-electron chi connectivity index (χ2n) is 6.59. The van der Waals surface area contributed by atoms with Gasteiger partial charge in [0.15, 0.2) is 6.61 Å². The van der Waals surface area contributed by atoms with Gasteiger partial charge in [0.1, 0.15) is 5.75 Å². The molecule has 1 heterocycles. The van der Waals surface area contributed by atoms with E-state index in [1.807, 2.05) is 29.2 Å². The molecule has 0 fully saturated rings. The summed E-state index contributed by atoms with van der Waals surface area (Å²) in [7, 11) is 0. The van der Waals surface area contributed by atoms with Crippen LogP contribution in [0.4, 0.5) is 0 Å². The average molecular weight is 382 g/mol. The van der Waals surface area contributed by atoms with Gasteiger partial charge < -0.3 is 20.1 Å². The van der Waals surface area contributed by atoms with Gasteiger partial charge in [0.05, 0.1) is 0 Å². The van der Waals surface area contributed by atoms with Gasteiger partial charge in [-0.15, -0.1) is 0 Å². The van der Waals surface area contributed by atoms with E-state index in [0.29, 0.717) is 43.8 Å². The Bertz CT molecular complexity index is 856. The molecule has 2 aromatic carbocycles. The summed E-state index contributed by atoms with van der Waals surface area (Å²) in [6, 6.07) is 14.4. The summed E-state index contributed by atoms with van der Waals surface area (Å²) < 4.78 is 5.07. The molecule has 1 aliphatic heterocycles. The van der Waals surface area contributed by atoms with Gasteiger partial charge >= 0.3 is 5.97 Å². The minimum absolute atomic E-state index is 0.0783. The van der Waals surface area contributed by atoms with Crippen LogP contribution in [0.25, 0.3) is 0 Å². The minimum atomic E-state index is -1.08. The molecule has 7 nitrogen and oxygen atoms in total. The number of carboxylic acid groups (broad SMARTS) is 1. The maximum absolute atomic E-state index is 12.3. The monoisotopic (exact) mass is 382 g/mol. The van der Waals surface area contributed by atoms with Crippen molar-refractivity contribution in [3.8, 4) is 5.75 Å². The Hall–Kier alpha value is -3.35. The summed E-state index contributed by atoms with van der Waals surface area (Å²) in [6.07, 6.45) is 0.919. The third-order valence-corrected chi connectivity index (χ3v) is 4.51. The predicted molar refractivity (Wildman–Crippen MR) is 102 cm³/mol. The number of amides is 2. The molecule has 28 heavy (non-hydrogen) atoms. The van der Waals surface area contributed by atoms with E-state index < -0.39 is 12.6 Å². The normalized spacial score (nSPS) is 12.4. The van der Waals surface area contributed by atoms with Gasteiger partial charge in [0, 0.05) is 31.6 Å². The molecular formula is C21H22N2O5. The number of nitrogens with one attached hydrogen (secondary N) is 1. The van der Waals surface area contributed by atoms with E-state index in [2.05, 4.69) is 5.32 Å². The highest BCUT2D eigenvalue weighted by atomic mass is 16.5. The summed E-state index contributed by atoms with van der Waals surface area (Å²) >= 11 is 0. The number of aliphatic carboxylic acids is 1. The molecule has 3 rings (SSSR count). The maximum Gasteiger partial charge on any atom is 0.341 e. The molecule has 1 aliphatic rings. The standard InChI is InChI=1S/C21H22N2O5/c24-19(23-12-16-5-1-2-6-17(16)13-23)9-4-10-22-21(27)15-7-3-8-18(11-15)28-14-20(25)26/h1-3,5-8,11H,4,9-10,12-14H2,(H,22,27)(H,25,26). The van der Waals surface area contributed by atoms with Gasteiger partial charge in [-0.3, -0.25) is 9.59 Å². The number of hydrogen-bond acceptors (Lipinski definition) is 4. The minimum Gasteiger partial charge on any atom is -0.482 e. The van der Waals surface area contributed by atoms with E-state index in [1.54, 1.807) is 18.2 Å². The highest BCUT2D eigenvalue weighted by Gasteiger charge is 2.22. The summed E-state index contributed by atoms with van der Waals surface area (Å²) in [4.78, 5) is 36.9. The van der Waals surface area contributed by atoms with E-state index in [9.17, 15) is 14.4 Å². The molecule has 0 spiro atoms. The van der Waals surface area contributed by atoms with Gasteiger partial charge in [-0.1, -0.05) is 30.3 Å². The topological polar surface area (TPSA) is 95.9 Å². The lowest BCUT2D eigenvalue weighted by Crippen LogP contribution is -2.28. The van der Waals surface area contributed by atoms with Crippen LogP contribution in [-0.2, 0) is 22.7 Å². The van der Waals surface area contributed by atoms with Crippen LogP contribution in [0.3, 0.4) is 0 Å². The molecule has 0 atom stereocenters. The molecular weight excluding hydrogens is 360 g/mol. The number of hydrogen-bond donors (Lipinski definition) is 2. The number of rotatable bonds is 8. The van der Waals surface area contributed by atoms with E-state index in [0.717, 1.165) is 0 Å². The average Bonchev–Trinajstić information content (AvgIpc) is 3.14. The Labute approximate surface area is 162 Å². The molecule has 2 amide bonds. The lowest BCUT2D eigenvalue weighted by atomic mass is 10.1. The van der Waals surface area contributed by atoms with Crippen molar-refractivity contribution in [2.45, 2.75) is 25.9 Å². The molecule has 2 aromatic rings. The van der Waals surface area contributed by atoms with Gasteiger partial charge in [-0.2, -0.15) is 0 Å². The van der Waals surface area contributed by atoms with E-state index >= 15 is 0 Å². The van der Waals surface area contributed by atoms with Crippen molar-refractivity contribution in [3.63, 3.8) is 0 Å². The van der Waals surface area contributed by atoms with E-state index in [1.165, 1.54) is 17.2 Å². The molecule has 7 heteroatoms. The first kappa shape index (κ1) is 19.4. The highest BCUT2D eigenvalue weighted by Crippen LogP contribution is 2.22. The van der Waals surface area contributed by atoms with Crippen LogP contribution in [0.15, 0.2) is 48.5 Å². The number of carbonyl (C=O) groups is 3. The second kappa shape index (κ2) is 9.03. The number of benzene rings is 2. The third-order valence-electron chi connectivity index (χ3n) is 4.51. The lowest BCUT2D eigenvalue weighted by Gasteiger charge is -2.15. The molecule has 0 bridgehead atoms. The molecule has 0 saturated heterocycles. The number of ether oxygens (including phenoxy) is 1. The van der Waals surface area contributed by atoms with Crippen molar-refractivity contribution in [1.29, 1.82) is 0 Å². The first-order valence-electron chi connectivity index (χ1n) is 9.10. The van der Waals surface area contributed by atoms with Gasteiger partial charge in [0.2, 0.25) is 5.91 Å². The van der Waals surface area contributed by atoms with E-state index in [4.69, 9.17) is 9.84 Å². The molecule has 0 aromatic heterocycles. The van der Waals surface area contributed by atoms with Gasteiger partial charge in [0.25, 0.3) is 5.91 Å². The molecule has 0 radical (unpaired) electrons. The number of nitrogens with zero attached hydrogens (tertiary/aromatic N) is 1. The third kappa shape index (κ3) is 5.09. The Morgan fingerprint density at radius 1 is 1.04 bits per heavy atom. The van der Waals surface area contributed by atoms with Crippen molar-refractivity contribution in [2.24, 2.45) is 0 Å². The first-order valence-corrected chi connectivity index (χ1v) is 9.10. The molecule has 0 saturated carbocycles. The number of carbonyl (C=O) groups excluding carboxylic acids is 2. The summed E-state index contributed by atoms with van der Waals surface area (Å²) in [6.45, 7) is 1.20. The van der Waals surface area contributed by atoms with Crippen LogP contribution in [0.2, 0.25) is 0 Å². The Kier molecular flexibility index (Phi) is 6.26. The fourth-order valence-corrected chi connectivity index (χ4v) is 3.08. The number of fused-ring (bicyclic) bond motifs is 1. The van der Waals surface area contributed by atoms with Crippen molar-refractivity contribution in [1.82, 2.24) is 10.2 Å². The maximum atomic E-state index is 12.3. The van der Waals surface area contributed by atoms with Gasteiger partial charge in [-0.05, 0) is 35.7 Å². The van der Waals surface area contributed by atoms with Crippen molar-refractivity contribution in [3.05, 3.63) is 65.2 Å². The highest BCUT2D eigenvalue weighted by molar-refractivity contribution is 5.94. The largest absolute Gasteiger partial charge is 0.482 e. The lowest BCUT2D eigenvalue weighted by molar-refractivity contribution is -0.139. The predicted octanol–water partition coefficient (Wildman–Crippen LogP) is 2.20. The molecule has 0 aliphatic carbocycles. The van der Waals surface area contributed by atoms with Crippen LogP contribution >= 0.6 is 0 Å². The smallest absolute Gasteiger partial charge is 0.341 e. The zero-order valence-corrected chi connectivity index (χ0v) is 15.4. The molecule has 2 N–H and O–H groups in total. The van der Waals surface area contributed by atoms with Crippen LogP contribution in [0, 0.1) is 0 Å². The fraction of sp³-hybridized carbons (Fsp3) is 0.286. The van der Waals surface area contributed by atoms with Crippen LogP contribution in [-0.4, -0.2) is 40.9 Å². The van der Waals surface area contributed by atoms with Crippen molar-refractivity contribution >= 4 is 17.8 Å². The summed E-state index contributed by atoms with van der Waals surface area (Å²) in [5.74, 6) is -0.976. The Balaban J connectivity index is 1.40. The summed E-state index contributed by atoms with van der Waals surface area (Å²) in [5.41, 5.74) is 2.76. The zero-order chi connectivity index (χ0) is 19.9. The van der Waals surface area contributed by atoms with E-state index in [-0.39, 0.29) is 11.8 Å². The van der Waals surface area contributed by atoms with Crippen molar-refractivity contribution < 1.29 is 24.2 Å². The number of carboxylic acids is 1. The van der Waals surface area contributed by atoms with Crippen LogP contribution in [0.5, 0.6) is 5.75 Å². The Morgan fingerprint density at radius 2 is 1.75 bits per heavy atom. The van der Waals surface area contributed by atoms with Crippen LogP contribution < -0.4 is 10.1 Å². The fourth-order valence-electron chi connectivity index (χ4n) is 3.08. The second-order valence-corrected chi connectivity index (χ2v) is 6.59. The SMILES string of the molecule is O=C(O)COc1cccc(C(=O)NCCCC(=O)N2Cc3ccccc3C2)c1. The Morgan fingerprint density at radius 3 is 2.43 bits per heavy atom. The zero-order valence-electron chi connectivity index (χ0n) is 15.4. The van der Waals surface area contributed by atoms with Crippen molar-refractivity contribution in [2.75, 3.05) is 13.2 Å². The summed E-state index contributed by atoms with van der Waals surface area (Å²) in [5, 5.41) is 11.4. The van der Waals surface area contributed by atoms with Gasteiger partial charge in [-0.25, -0.2) is 4.79 Å². The first-order chi connectivity index (χ1) is 13.5. The van der Waals surface area contributed by atoms with Crippen LogP contribution in [0.1, 0.15) is 34.3 Å². The molecule has 0 unspecified atom stereocenters. The molecule has 146 valence electrons. The quantitative estimate of drug-likeness (QED) is 0.683.